The molecule has 0 saturated carbocycles. The highest BCUT2D eigenvalue weighted by Crippen LogP contribution is 2.23. The summed E-state index contributed by atoms with van der Waals surface area (Å²) in [7, 11) is -7.56. The lowest BCUT2D eigenvalue weighted by Gasteiger charge is -2.33. The van der Waals surface area contributed by atoms with Gasteiger partial charge in [-0.15, -0.1) is 0 Å². The van der Waals surface area contributed by atoms with Gasteiger partial charge < -0.3 is 0 Å². The number of rotatable bonds is 6. The topological polar surface area (TPSA) is 118 Å². The average molecular weight is 440 g/mol. The van der Waals surface area contributed by atoms with Crippen LogP contribution >= 0.6 is 0 Å². The summed E-state index contributed by atoms with van der Waals surface area (Å²) in [6.07, 6.45) is 0.805. The number of aryl methyl sites for hydroxylation is 1. The summed E-state index contributed by atoms with van der Waals surface area (Å²) in [6.45, 7) is 2.06. The van der Waals surface area contributed by atoms with E-state index in [0.717, 1.165) is 24.1 Å². The highest BCUT2D eigenvalue weighted by molar-refractivity contribution is 7.89. The van der Waals surface area contributed by atoms with Gasteiger partial charge in [0.2, 0.25) is 20.0 Å². The maximum Gasteiger partial charge on any atom is 0.269 e. The monoisotopic (exact) mass is 439 g/mol. The van der Waals surface area contributed by atoms with Crippen LogP contribution in [0.2, 0.25) is 0 Å². The third kappa shape index (κ3) is 4.32. The fourth-order valence-electron chi connectivity index (χ4n) is 3.09. The lowest BCUT2D eigenvalue weighted by atomic mass is 10.2. The van der Waals surface area contributed by atoms with E-state index in [0.29, 0.717) is 0 Å². The highest BCUT2D eigenvalue weighted by atomic mass is 32.2. The van der Waals surface area contributed by atoms with E-state index in [1.54, 1.807) is 24.3 Å². The first-order chi connectivity index (χ1) is 13.7. The van der Waals surface area contributed by atoms with E-state index < -0.39 is 25.0 Å². The van der Waals surface area contributed by atoms with Crippen molar-refractivity contribution in [1.82, 2.24) is 8.61 Å². The molecule has 2 aromatic rings. The van der Waals surface area contributed by atoms with Gasteiger partial charge in [0.15, 0.2) is 0 Å². The molecule has 156 valence electrons. The van der Waals surface area contributed by atoms with Crippen molar-refractivity contribution >= 4 is 25.7 Å². The standard InChI is InChI=1S/C18H21N3O6S2/c1-2-15-3-7-17(8-4-15)28(24,25)19-11-13-20(14-12-19)29(26,27)18-9-5-16(6-10-18)21(22)23/h3-10H,2,11-14H2,1H3. The van der Waals surface area contributed by atoms with E-state index in [1.165, 1.54) is 20.7 Å². The SMILES string of the molecule is CCc1ccc(S(=O)(=O)N2CCN(S(=O)(=O)c3ccc([N+](=O)[O-])cc3)CC2)cc1. The number of benzene rings is 2. The van der Waals surface area contributed by atoms with Crippen molar-refractivity contribution in [2.45, 2.75) is 23.1 Å². The zero-order chi connectivity index (χ0) is 21.2. The number of sulfonamides is 2. The second-order valence-electron chi connectivity index (χ2n) is 6.56. The Balaban J connectivity index is 1.72. The molecule has 1 aliphatic heterocycles. The van der Waals surface area contributed by atoms with E-state index in [2.05, 4.69) is 0 Å². The molecular formula is C18H21N3O6S2. The number of nitrogens with zero attached hydrogens (tertiary/aromatic N) is 3. The van der Waals surface area contributed by atoms with Crippen LogP contribution in [0.15, 0.2) is 58.3 Å². The Hall–Kier alpha value is -2.34. The molecule has 0 atom stereocenters. The van der Waals surface area contributed by atoms with Gasteiger partial charge in [0, 0.05) is 38.3 Å². The molecule has 2 aromatic carbocycles. The molecule has 0 bridgehead atoms. The van der Waals surface area contributed by atoms with Gasteiger partial charge in [0.25, 0.3) is 5.69 Å². The third-order valence-corrected chi connectivity index (χ3v) is 8.68. The second kappa shape index (κ2) is 8.19. The van der Waals surface area contributed by atoms with E-state index in [1.807, 2.05) is 6.92 Å². The molecule has 11 heteroatoms. The molecule has 1 heterocycles. The quantitative estimate of drug-likeness (QED) is 0.501. The molecule has 0 unspecified atom stereocenters. The molecule has 0 amide bonds. The van der Waals surface area contributed by atoms with Crippen molar-refractivity contribution in [3.8, 4) is 0 Å². The van der Waals surface area contributed by atoms with Gasteiger partial charge in [0.05, 0.1) is 14.7 Å². The maximum absolute atomic E-state index is 12.8. The first-order valence-electron chi connectivity index (χ1n) is 9.00. The molecule has 1 fully saturated rings. The first-order valence-corrected chi connectivity index (χ1v) is 11.9. The minimum Gasteiger partial charge on any atom is -0.258 e. The number of hydrogen-bond donors (Lipinski definition) is 0. The van der Waals surface area contributed by atoms with Crippen LogP contribution in [0.1, 0.15) is 12.5 Å². The van der Waals surface area contributed by atoms with Crippen LogP contribution in [-0.2, 0) is 26.5 Å². The number of nitro benzene ring substituents is 1. The Morgan fingerprint density at radius 1 is 0.793 bits per heavy atom. The summed E-state index contributed by atoms with van der Waals surface area (Å²) in [5.74, 6) is 0. The largest absolute Gasteiger partial charge is 0.269 e. The summed E-state index contributed by atoms with van der Waals surface area (Å²) < 4.78 is 53.6. The summed E-state index contributed by atoms with van der Waals surface area (Å²) in [5, 5.41) is 10.7. The van der Waals surface area contributed by atoms with Crippen molar-refractivity contribution in [2.75, 3.05) is 26.2 Å². The van der Waals surface area contributed by atoms with Gasteiger partial charge in [-0.2, -0.15) is 8.61 Å². The van der Waals surface area contributed by atoms with Crippen molar-refractivity contribution in [3.05, 3.63) is 64.2 Å². The van der Waals surface area contributed by atoms with Gasteiger partial charge in [-0.1, -0.05) is 19.1 Å². The third-order valence-electron chi connectivity index (χ3n) is 4.85. The molecular weight excluding hydrogens is 418 g/mol. The Bertz CT molecular complexity index is 1090. The molecule has 0 spiro atoms. The van der Waals surface area contributed by atoms with Gasteiger partial charge in [-0.3, -0.25) is 10.1 Å². The summed E-state index contributed by atoms with van der Waals surface area (Å²) >= 11 is 0. The summed E-state index contributed by atoms with van der Waals surface area (Å²) in [5.41, 5.74) is 0.830. The molecule has 1 saturated heterocycles. The lowest BCUT2D eigenvalue weighted by Crippen LogP contribution is -2.50. The molecule has 0 radical (unpaired) electrons. The smallest absolute Gasteiger partial charge is 0.258 e. The molecule has 0 aliphatic carbocycles. The van der Waals surface area contributed by atoms with Gasteiger partial charge in [0.1, 0.15) is 0 Å². The highest BCUT2D eigenvalue weighted by Gasteiger charge is 2.33. The van der Waals surface area contributed by atoms with Crippen LogP contribution in [-0.4, -0.2) is 56.5 Å². The molecule has 29 heavy (non-hydrogen) atoms. The Morgan fingerprint density at radius 2 is 1.17 bits per heavy atom. The average Bonchev–Trinajstić information content (AvgIpc) is 2.74. The first kappa shape index (κ1) is 21.4. The zero-order valence-electron chi connectivity index (χ0n) is 15.8. The molecule has 0 aromatic heterocycles. The van der Waals surface area contributed by atoms with Crippen molar-refractivity contribution in [3.63, 3.8) is 0 Å². The van der Waals surface area contributed by atoms with E-state index in [9.17, 15) is 26.9 Å². The Kier molecular flexibility index (Phi) is 6.03. The van der Waals surface area contributed by atoms with Gasteiger partial charge in [-0.25, -0.2) is 16.8 Å². The van der Waals surface area contributed by atoms with Crippen LogP contribution < -0.4 is 0 Å². The Morgan fingerprint density at radius 3 is 1.52 bits per heavy atom. The maximum atomic E-state index is 12.8. The predicted molar refractivity (Wildman–Crippen MR) is 106 cm³/mol. The molecule has 3 rings (SSSR count). The van der Waals surface area contributed by atoms with Crippen LogP contribution in [0.5, 0.6) is 0 Å². The van der Waals surface area contributed by atoms with E-state index >= 15 is 0 Å². The Labute approximate surface area is 169 Å². The van der Waals surface area contributed by atoms with Gasteiger partial charge >= 0.3 is 0 Å². The van der Waals surface area contributed by atoms with Crippen molar-refractivity contribution in [1.29, 1.82) is 0 Å². The van der Waals surface area contributed by atoms with Crippen LogP contribution in [0.4, 0.5) is 5.69 Å². The number of nitro groups is 1. The number of piperazine rings is 1. The van der Waals surface area contributed by atoms with Gasteiger partial charge in [-0.05, 0) is 36.2 Å². The minimum absolute atomic E-state index is 0.00555. The minimum atomic E-state index is -3.86. The lowest BCUT2D eigenvalue weighted by molar-refractivity contribution is -0.384. The zero-order valence-corrected chi connectivity index (χ0v) is 17.4. The molecule has 0 N–H and O–H groups in total. The molecule has 1 aliphatic rings. The summed E-state index contributed by atoms with van der Waals surface area (Å²) in [6, 6.07) is 11.3. The van der Waals surface area contributed by atoms with E-state index in [-0.39, 0.29) is 41.7 Å². The predicted octanol–water partition coefficient (Wildman–Crippen LogP) is 1.85. The fraction of sp³-hybridized carbons (Fsp3) is 0.333. The fourth-order valence-corrected chi connectivity index (χ4v) is 5.93. The number of non-ortho nitro benzene ring substituents is 1. The van der Waals surface area contributed by atoms with Crippen molar-refractivity contribution in [2.24, 2.45) is 0 Å². The number of hydrogen-bond acceptors (Lipinski definition) is 6. The van der Waals surface area contributed by atoms with Crippen LogP contribution in [0.3, 0.4) is 0 Å². The van der Waals surface area contributed by atoms with E-state index in [4.69, 9.17) is 0 Å². The normalized spacial score (nSPS) is 16.6. The summed E-state index contributed by atoms with van der Waals surface area (Å²) in [4.78, 5) is 10.2. The van der Waals surface area contributed by atoms with Crippen molar-refractivity contribution < 1.29 is 21.8 Å². The molecule has 9 nitrogen and oxygen atoms in total. The second-order valence-corrected chi connectivity index (χ2v) is 10.4. The van der Waals surface area contributed by atoms with Crippen LogP contribution in [0, 0.1) is 10.1 Å². The van der Waals surface area contributed by atoms with Crippen LogP contribution in [0.25, 0.3) is 0 Å².